The highest BCUT2D eigenvalue weighted by Crippen LogP contribution is 2.32. The van der Waals surface area contributed by atoms with Gasteiger partial charge in [0.2, 0.25) is 0 Å². The monoisotopic (exact) mass is 380 g/mol. The Hall–Kier alpha value is -2.85. The van der Waals surface area contributed by atoms with Gasteiger partial charge in [0, 0.05) is 11.6 Å². The van der Waals surface area contributed by atoms with E-state index in [1.165, 1.54) is 18.0 Å². The van der Waals surface area contributed by atoms with Crippen molar-refractivity contribution >= 4 is 39.8 Å². The van der Waals surface area contributed by atoms with Gasteiger partial charge in [0.05, 0.1) is 22.6 Å². The van der Waals surface area contributed by atoms with Crippen molar-refractivity contribution in [3.63, 3.8) is 0 Å². The predicted molar refractivity (Wildman–Crippen MR) is 109 cm³/mol. The molecule has 0 unspecified atom stereocenters. The van der Waals surface area contributed by atoms with Crippen LogP contribution in [0.1, 0.15) is 38.8 Å². The molecule has 1 aromatic carbocycles. The number of hydrogen-bond donors (Lipinski definition) is 1. The van der Waals surface area contributed by atoms with E-state index in [1.807, 2.05) is 45.9 Å². The lowest BCUT2D eigenvalue weighted by molar-refractivity contribution is -0.115. The lowest BCUT2D eigenvalue weighted by Crippen LogP contribution is -2.23. The summed E-state index contributed by atoms with van der Waals surface area (Å²) in [6, 6.07) is 7.74. The summed E-state index contributed by atoms with van der Waals surface area (Å²) >= 11 is 1.32. The maximum Gasteiger partial charge on any atom is 0.264 e. The van der Waals surface area contributed by atoms with Gasteiger partial charge in [0.15, 0.2) is 5.17 Å². The standard InChI is InChI=1S/C20H20N4O2S/c1-5-26-17-13(10-21)11-22-15-7-6-12(8-14(15)17)9-16-18(25)23-19(27-16)24-20(2,3)4/h6-9,11H,5H2,1-4H3,(H,23,24,25). The molecular weight excluding hydrogens is 360 g/mol. The van der Waals surface area contributed by atoms with Gasteiger partial charge in [-0.1, -0.05) is 6.07 Å². The SMILES string of the molecule is CCOc1c(C#N)cnc2ccc(C=C3SC(=NC(C)(C)C)NC3=O)cc12. The second-order valence-electron chi connectivity index (χ2n) is 6.97. The molecule has 1 amide bonds. The minimum Gasteiger partial charge on any atom is -0.492 e. The van der Waals surface area contributed by atoms with Crippen molar-refractivity contribution in [1.29, 1.82) is 5.26 Å². The number of nitriles is 1. The summed E-state index contributed by atoms with van der Waals surface area (Å²) < 4.78 is 5.67. The molecule has 0 spiro atoms. The van der Waals surface area contributed by atoms with Gasteiger partial charge in [-0.2, -0.15) is 5.26 Å². The van der Waals surface area contributed by atoms with E-state index in [4.69, 9.17) is 4.74 Å². The van der Waals surface area contributed by atoms with Crippen molar-refractivity contribution in [3.8, 4) is 11.8 Å². The average molecular weight is 380 g/mol. The zero-order chi connectivity index (χ0) is 19.6. The highest BCUT2D eigenvalue weighted by Gasteiger charge is 2.25. The number of amidine groups is 1. The summed E-state index contributed by atoms with van der Waals surface area (Å²) in [4.78, 5) is 21.6. The zero-order valence-corrected chi connectivity index (χ0v) is 16.5. The third kappa shape index (κ3) is 4.29. The first kappa shape index (κ1) is 18.9. The number of nitrogens with zero attached hydrogens (tertiary/aromatic N) is 3. The van der Waals surface area contributed by atoms with Crippen molar-refractivity contribution in [1.82, 2.24) is 10.3 Å². The summed E-state index contributed by atoms with van der Waals surface area (Å²) in [5, 5.41) is 13.4. The highest BCUT2D eigenvalue weighted by atomic mass is 32.2. The van der Waals surface area contributed by atoms with Crippen LogP contribution in [0.5, 0.6) is 5.75 Å². The number of ether oxygens (including phenoxy) is 1. The zero-order valence-electron chi connectivity index (χ0n) is 15.7. The molecule has 6 nitrogen and oxygen atoms in total. The molecule has 0 atom stereocenters. The van der Waals surface area contributed by atoms with E-state index in [1.54, 1.807) is 6.08 Å². The van der Waals surface area contributed by atoms with Crippen molar-refractivity contribution in [2.45, 2.75) is 33.2 Å². The van der Waals surface area contributed by atoms with Crippen molar-refractivity contribution < 1.29 is 9.53 Å². The number of amides is 1. The van der Waals surface area contributed by atoms with E-state index >= 15 is 0 Å². The second-order valence-corrected chi connectivity index (χ2v) is 8.01. The molecule has 3 rings (SSSR count). The minimum atomic E-state index is -0.264. The van der Waals surface area contributed by atoms with E-state index in [2.05, 4.69) is 21.4 Å². The molecule has 1 fully saturated rings. The molecule has 0 saturated carbocycles. The molecule has 1 aliphatic rings. The first-order chi connectivity index (χ1) is 12.8. The number of rotatable bonds is 3. The Labute approximate surface area is 162 Å². The second kappa shape index (κ2) is 7.41. The molecule has 138 valence electrons. The van der Waals surface area contributed by atoms with E-state index in [0.29, 0.717) is 28.0 Å². The number of hydrogen-bond acceptors (Lipinski definition) is 6. The van der Waals surface area contributed by atoms with Gasteiger partial charge in [-0.3, -0.25) is 14.8 Å². The summed E-state index contributed by atoms with van der Waals surface area (Å²) in [6.07, 6.45) is 3.32. The number of aliphatic imine (C=N–C) groups is 1. The molecule has 0 bridgehead atoms. The average Bonchev–Trinajstić information content (AvgIpc) is 2.92. The number of carbonyl (C=O) groups excluding carboxylic acids is 1. The number of nitrogens with one attached hydrogen (secondary N) is 1. The van der Waals surface area contributed by atoms with Crippen LogP contribution in [0.25, 0.3) is 17.0 Å². The topological polar surface area (TPSA) is 87.4 Å². The largest absolute Gasteiger partial charge is 0.492 e. The number of benzene rings is 1. The van der Waals surface area contributed by atoms with E-state index in [0.717, 1.165) is 16.5 Å². The molecule has 1 aromatic heterocycles. The Morgan fingerprint density at radius 2 is 2.19 bits per heavy atom. The van der Waals surface area contributed by atoms with Crippen LogP contribution in [0.4, 0.5) is 0 Å². The van der Waals surface area contributed by atoms with Crippen molar-refractivity contribution in [3.05, 3.63) is 40.4 Å². The van der Waals surface area contributed by atoms with Crippen LogP contribution in [-0.2, 0) is 4.79 Å². The normalized spacial score (nSPS) is 17.4. The Bertz CT molecular complexity index is 1010. The van der Waals surface area contributed by atoms with Crippen LogP contribution >= 0.6 is 11.8 Å². The molecule has 27 heavy (non-hydrogen) atoms. The number of aromatic nitrogens is 1. The summed E-state index contributed by atoms with van der Waals surface area (Å²) in [5.41, 5.74) is 1.69. The van der Waals surface area contributed by atoms with Crippen LogP contribution in [0, 0.1) is 11.3 Å². The minimum absolute atomic E-state index is 0.169. The number of carbonyl (C=O) groups is 1. The van der Waals surface area contributed by atoms with Gasteiger partial charge in [0.25, 0.3) is 5.91 Å². The third-order valence-electron chi connectivity index (χ3n) is 3.64. The van der Waals surface area contributed by atoms with Gasteiger partial charge in [-0.05, 0) is 63.2 Å². The number of fused-ring (bicyclic) bond motifs is 1. The molecule has 1 aliphatic heterocycles. The van der Waals surface area contributed by atoms with Gasteiger partial charge in [-0.15, -0.1) is 0 Å². The first-order valence-electron chi connectivity index (χ1n) is 8.57. The van der Waals surface area contributed by atoms with Crippen LogP contribution in [0.2, 0.25) is 0 Å². The lowest BCUT2D eigenvalue weighted by Gasteiger charge is -2.12. The van der Waals surface area contributed by atoms with E-state index in [-0.39, 0.29) is 11.4 Å². The lowest BCUT2D eigenvalue weighted by atomic mass is 10.1. The van der Waals surface area contributed by atoms with Gasteiger partial charge < -0.3 is 10.1 Å². The fourth-order valence-electron chi connectivity index (χ4n) is 2.59. The van der Waals surface area contributed by atoms with E-state index < -0.39 is 0 Å². The Balaban J connectivity index is 2.02. The first-order valence-corrected chi connectivity index (χ1v) is 9.39. The Morgan fingerprint density at radius 3 is 2.85 bits per heavy atom. The van der Waals surface area contributed by atoms with Gasteiger partial charge >= 0.3 is 0 Å². The van der Waals surface area contributed by atoms with Crippen LogP contribution in [0.3, 0.4) is 0 Å². The van der Waals surface area contributed by atoms with Gasteiger partial charge in [-0.25, -0.2) is 0 Å². The fraction of sp³-hybridized carbons (Fsp3) is 0.300. The Kier molecular flexibility index (Phi) is 5.19. The van der Waals surface area contributed by atoms with Crippen molar-refractivity contribution in [2.24, 2.45) is 4.99 Å². The van der Waals surface area contributed by atoms with Crippen LogP contribution in [0.15, 0.2) is 34.3 Å². The molecule has 0 aliphatic carbocycles. The Morgan fingerprint density at radius 1 is 1.41 bits per heavy atom. The quantitative estimate of drug-likeness (QED) is 0.817. The number of thioether (sulfide) groups is 1. The molecular formula is C20H20N4O2S. The van der Waals surface area contributed by atoms with Crippen molar-refractivity contribution in [2.75, 3.05) is 6.61 Å². The van der Waals surface area contributed by atoms with E-state index in [9.17, 15) is 10.1 Å². The summed E-state index contributed by atoms with van der Waals surface area (Å²) in [6.45, 7) is 8.26. The summed E-state index contributed by atoms with van der Waals surface area (Å²) in [7, 11) is 0. The number of pyridine rings is 1. The molecule has 0 radical (unpaired) electrons. The molecule has 2 heterocycles. The maximum absolute atomic E-state index is 12.2. The third-order valence-corrected chi connectivity index (χ3v) is 4.55. The van der Waals surface area contributed by atoms with Gasteiger partial charge in [0.1, 0.15) is 17.4 Å². The van der Waals surface area contributed by atoms with Crippen LogP contribution < -0.4 is 10.1 Å². The molecule has 2 aromatic rings. The molecule has 7 heteroatoms. The fourth-order valence-corrected chi connectivity index (χ4v) is 3.60. The maximum atomic E-state index is 12.2. The smallest absolute Gasteiger partial charge is 0.264 e. The molecule has 1 saturated heterocycles. The highest BCUT2D eigenvalue weighted by molar-refractivity contribution is 8.18. The predicted octanol–water partition coefficient (Wildman–Crippen LogP) is 3.86. The van der Waals surface area contributed by atoms with Crippen LogP contribution in [-0.4, -0.2) is 28.2 Å². The molecule has 1 N–H and O–H groups in total. The summed E-state index contributed by atoms with van der Waals surface area (Å²) in [5.74, 6) is 0.348.